The Kier molecular flexibility index (Phi) is 7.11. The van der Waals surface area contributed by atoms with Crippen LogP contribution in [0.3, 0.4) is 0 Å². The number of carbonyl (C=O) groups is 1. The van der Waals surface area contributed by atoms with Crippen LogP contribution in [0.15, 0.2) is 94.5 Å². The number of anilines is 2. The van der Waals surface area contributed by atoms with Crippen molar-refractivity contribution in [3.05, 3.63) is 122 Å². The van der Waals surface area contributed by atoms with Crippen molar-refractivity contribution in [3.8, 4) is 5.75 Å². The van der Waals surface area contributed by atoms with Crippen LogP contribution in [0, 0.1) is 0 Å². The van der Waals surface area contributed by atoms with E-state index in [0.29, 0.717) is 12.4 Å². The van der Waals surface area contributed by atoms with Crippen molar-refractivity contribution in [2.24, 2.45) is 0 Å². The number of aromatic amines is 1. The molecular formula is C27H26N4O4. The molecule has 8 nitrogen and oxygen atoms in total. The third-order valence-electron chi connectivity index (χ3n) is 5.51. The summed E-state index contributed by atoms with van der Waals surface area (Å²) in [5.74, 6) is -0.175. The van der Waals surface area contributed by atoms with Crippen molar-refractivity contribution in [2.75, 3.05) is 17.2 Å². The van der Waals surface area contributed by atoms with Gasteiger partial charge in [0.25, 0.3) is 11.5 Å². The summed E-state index contributed by atoms with van der Waals surface area (Å²) in [6.45, 7) is 2.40. The predicted molar refractivity (Wildman–Crippen MR) is 136 cm³/mol. The first-order valence-electron chi connectivity index (χ1n) is 11.2. The summed E-state index contributed by atoms with van der Waals surface area (Å²) in [6, 6.07) is 25.3. The van der Waals surface area contributed by atoms with Gasteiger partial charge in [-0.3, -0.25) is 24.0 Å². The van der Waals surface area contributed by atoms with Crippen molar-refractivity contribution >= 4 is 17.4 Å². The summed E-state index contributed by atoms with van der Waals surface area (Å²) < 4.78 is 6.91. The Morgan fingerprint density at radius 1 is 0.914 bits per heavy atom. The third-order valence-corrected chi connectivity index (χ3v) is 5.51. The van der Waals surface area contributed by atoms with Gasteiger partial charge in [0.05, 0.1) is 25.3 Å². The standard InChI is InChI=1S/C27H26N4O4/c1-2-35-22-16-10-9-15-21(22)26(33)30(17-19-11-5-3-6-12-19)23-24(28)31(27(34)29-25(23)32)18-20-13-7-4-8-14-20/h3-16H,2,17-18,28H2,1H3,(H,29,32,34). The first kappa shape index (κ1) is 23.6. The lowest BCUT2D eigenvalue weighted by atomic mass is 10.1. The average molecular weight is 471 g/mol. The van der Waals surface area contributed by atoms with Gasteiger partial charge in [0.2, 0.25) is 0 Å². The van der Waals surface area contributed by atoms with Crippen LogP contribution >= 0.6 is 0 Å². The van der Waals surface area contributed by atoms with E-state index in [9.17, 15) is 14.4 Å². The molecule has 0 radical (unpaired) electrons. The highest BCUT2D eigenvalue weighted by atomic mass is 16.5. The molecule has 1 amide bonds. The highest BCUT2D eigenvalue weighted by Gasteiger charge is 2.27. The number of nitrogens with two attached hydrogens (primary N) is 1. The zero-order valence-electron chi connectivity index (χ0n) is 19.3. The summed E-state index contributed by atoms with van der Waals surface area (Å²) in [4.78, 5) is 43.2. The van der Waals surface area contributed by atoms with Gasteiger partial charge in [-0.15, -0.1) is 0 Å². The van der Waals surface area contributed by atoms with Crippen LogP contribution in [0.4, 0.5) is 11.5 Å². The lowest BCUT2D eigenvalue weighted by molar-refractivity contribution is 0.0981. The fourth-order valence-electron chi connectivity index (χ4n) is 3.85. The first-order valence-corrected chi connectivity index (χ1v) is 11.2. The smallest absolute Gasteiger partial charge is 0.330 e. The van der Waals surface area contributed by atoms with Crippen LogP contribution < -0.4 is 26.6 Å². The van der Waals surface area contributed by atoms with E-state index >= 15 is 0 Å². The van der Waals surface area contributed by atoms with Crippen LogP contribution in [0.2, 0.25) is 0 Å². The van der Waals surface area contributed by atoms with E-state index in [4.69, 9.17) is 10.5 Å². The van der Waals surface area contributed by atoms with Crippen molar-refractivity contribution in [1.29, 1.82) is 0 Å². The van der Waals surface area contributed by atoms with Crippen molar-refractivity contribution < 1.29 is 9.53 Å². The largest absolute Gasteiger partial charge is 0.493 e. The van der Waals surface area contributed by atoms with Crippen LogP contribution in [0.1, 0.15) is 28.4 Å². The predicted octanol–water partition coefficient (Wildman–Crippen LogP) is 3.41. The number of carbonyl (C=O) groups excluding carboxylic acids is 1. The van der Waals surface area contributed by atoms with Gasteiger partial charge in [0, 0.05) is 0 Å². The molecule has 178 valence electrons. The van der Waals surface area contributed by atoms with Gasteiger partial charge in [-0.2, -0.15) is 0 Å². The second-order valence-corrected chi connectivity index (χ2v) is 7.87. The minimum Gasteiger partial charge on any atom is -0.493 e. The summed E-state index contributed by atoms with van der Waals surface area (Å²) in [6.07, 6.45) is 0. The normalized spacial score (nSPS) is 10.7. The number of benzene rings is 3. The molecule has 3 aromatic carbocycles. The zero-order valence-corrected chi connectivity index (χ0v) is 19.3. The van der Waals surface area contributed by atoms with Gasteiger partial charge in [-0.25, -0.2) is 4.79 Å². The topological polar surface area (TPSA) is 110 Å². The molecule has 4 rings (SSSR count). The number of nitrogens with zero attached hydrogens (tertiary/aromatic N) is 2. The van der Waals surface area contributed by atoms with Crippen molar-refractivity contribution in [2.45, 2.75) is 20.0 Å². The fraction of sp³-hybridized carbons (Fsp3) is 0.148. The van der Waals surface area contributed by atoms with Gasteiger partial charge in [-0.05, 0) is 30.2 Å². The van der Waals surface area contributed by atoms with Crippen LogP contribution in [0.5, 0.6) is 5.75 Å². The molecule has 0 saturated heterocycles. The Balaban J connectivity index is 1.86. The molecule has 4 aromatic rings. The van der Waals surface area contributed by atoms with E-state index in [1.807, 2.05) is 67.6 Å². The summed E-state index contributed by atoms with van der Waals surface area (Å²) in [7, 11) is 0. The average Bonchev–Trinajstić information content (AvgIpc) is 2.87. The van der Waals surface area contributed by atoms with Crippen molar-refractivity contribution in [3.63, 3.8) is 0 Å². The Labute approximate surface area is 202 Å². The van der Waals surface area contributed by atoms with Crippen LogP contribution in [-0.2, 0) is 13.1 Å². The first-order chi connectivity index (χ1) is 17.0. The summed E-state index contributed by atoms with van der Waals surface area (Å²) >= 11 is 0. The van der Waals surface area contributed by atoms with Crippen molar-refractivity contribution in [1.82, 2.24) is 9.55 Å². The summed E-state index contributed by atoms with van der Waals surface area (Å²) in [5.41, 5.74) is 6.82. The third kappa shape index (κ3) is 5.16. The number of hydrogen-bond acceptors (Lipinski definition) is 5. The van der Waals surface area contributed by atoms with E-state index in [2.05, 4.69) is 4.98 Å². The molecule has 8 heteroatoms. The molecule has 0 saturated carbocycles. The molecule has 0 fully saturated rings. The van der Waals surface area contributed by atoms with Gasteiger partial charge >= 0.3 is 5.69 Å². The zero-order chi connectivity index (χ0) is 24.8. The Bertz CT molecular complexity index is 1430. The molecule has 35 heavy (non-hydrogen) atoms. The Hall–Kier alpha value is -4.59. The second-order valence-electron chi connectivity index (χ2n) is 7.87. The molecule has 0 aliphatic heterocycles. The number of rotatable bonds is 8. The van der Waals surface area contributed by atoms with E-state index in [1.54, 1.807) is 24.3 Å². The lowest BCUT2D eigenvalue weighted by Crippen LogP contribution is -2.41. The quantitative estimate of drug-likeness (QED) is 0.410. The second kappa shape index (κ2) is 10.6. The number of amides is 1. The van der Waals surface area contributed by atoms with Gasteiger partial charge in [-0.1, -0.05) is 72.8 Å². The van der Waals surface area contributed by atoms with E-state index in [1.165, 1.54) is 9.47 Å². The highest BCUT2D eigenvalue weighted by Crippen LogP contribution is 2.26. The number of para-hydroxylation sites is 1. The minimum atomic E-state index is -0.741. The highest BCUT2D eigenvalue weighted by molar-refractivity contribution is 6.08. The minimum absolute atomic E-state index is 0.0664. The molecule has 0 atom stereocenters. The fourth-order valence-corrected chi connectivity index (χ4v) is 3.85. The van der Waals surface area contributed by atoms with E-state index in [0.717, 1.165) is 11.1 Å². The number of aromatic nitrogens is 2. The lowest BCUT2D eigenvalue weighted by Gasteiger charge is -2.25. The Morgan fingerprint density at radius 2 is 1.51 bits per heavy atom. The van der Waals surface area contributed by atoms with Crippen LogP contribution in [0.25, 0.3) is 0 Å². The van der Waals surface area contributed by atoms with E-state index in [-0.39, 0.29) is 30.2 Å². The maximum atomic E-state index is 13.9. The Morgan fingerprint density at radius 3 is 2.17 bits per heavy atom. The molecule has 0 unspecified atom stereocenters. The molecule has 1 heterocycles. The van der Waals surface area contributed by atoms with Gasteiger partial charge in [0.1, 0.15) is 11.6 Å². The monoisotopic (exact) mass is 470 g/mol. The molecule has 3 N–H and O–H groups in total. The number of nitrogens with one attached hydrogen (secondary N) is 1. The van der Waals surface area contributed by atoms with Gasteiger partial charge < -0.3 is 10.5 Å². The molecular weight excluding hydrogens is 444 g/mol. The molecule has 1 aromatic heterocycles. The maximum Gasteiger partial charge on any atom is 0.330 e. The van der Waals surface area contributed by atoms with Crippen LogP contribution in [-0.4, -0.2) is 22.1 Å². The number of ether oxygens (including phenoxy) is 1. The number of nitrogen functional groups attached to an aromatic ring is 1. The molecule has 0 aliphatic carbocycles. The SMILES string of the molecule is CCOc1ccccc1C(=O)N(Cc1ccccc1)c1c(N)n(Cc2ccccc2)c(=O)[nH]c1=O. The molecule has 0 aliphatic rings. The molecule has 0 bridgehead atoms. The maximum absolute atomic E-state index is 13.9. The number of H-pyrrole nitrogens is 1. The summed E-state index contributed by atoms with van der Waals surface area (Å²) in [5, 5.41) is 0. The van der Waals surface area contributed by atoms with Gasteiger partial charge in [0.15, 0.2) is 5.69 Å². The van der Waals surface area contributed by atoms with E-state index < -0.39 is 17.2 Å². The number of hydrogen-bond donors (Lipinski definition) is 2. The molecule has 0 spiro atoms.